The van der Waals surface area contributed by atoms with Crippen LogP contribution in [0.5, 0.6) is 5.88 Å². The van der Waals surface area contributed by atoms with Gasteiger partial charge in [-0.2, -0.15) is 4.72 Å². The first-order valence-electron chi connectivity index (χ1n) is 17.2. The number of nitrogens with zero attached hydrogens (tertiary/aromatic N) is 1. The lowest BCUT2D eigenvalue weighted by molar-refractivity contribution is -0.203. The van der Waals surface area contributed by atoms with Crippen molar-refractivity contribution in [3.63, 3.8) is 0 Å². The maximum absolute atomic E-state index is 12.4. The van der Waals surface area contributed by atoms with Gasteiger partial charge in [0.1, 0.15) is 6.23 Å². The van der Waals surface area contributed by atoms with Crippen molar-refractivity contribution in [2.24, 2.45) is 52.3 Å². The molecule has 0 saturated heterocycles. The monoisotopic (exact) mass is 634 g/mol. The van der Waals surface area contributed by atoms with E-state index in [1.807, 2.05) is 0 Å². The Labute approximate surface area is 265 Å². The molecule has 0 amide bonds. The van der Waals surface area contributed by atoms with E-state index in [-0.39, 0.29) is 29.0 Å². The third kappa shape index (κ3) is 5.98. The van der Waals surface area contributed by atoms with E-state index < -0.39 is 21.0 Å². The summed E-state index contributed by atoms with van der Waals surface area (Å²) in [6.07, 6.45) is 9.11. The molecule has 4 saturated carbocycles. The van der Waals surface area contributed by atoms with E-state index in [4.69, 9.17) is 4.74 Å². The molecule has 1 heterocycles. The SMILES string of the molecule is CC[C@H]1[C@@H](O)[C@@H]2[C@H](CC[C@]3(C)[C@@H]([C@H](C)CCOc4ccc(C(O)NS(=O)(=O)C(C)(C)C)cn4)CC[C@@H]23)[C@@]2(C)CC[C@@H](O)C[C@@H]12. The predicted octanol–water partition coefficient (Wildman–Crippen LogP) is 5.82. The van der Waals surface area contributed by atoms with Crippen molar-refractivity contribution < 1.29 is 28.5 Å². The van der Waals surface area contributed by atoms with Crippen LogP contribution in [0.1, 0.15) is 118 Å². The van der Waals surface area contributed by atoms with Gasteiger partial charge >= 0.3 is 0 Å². The molecule has 12 atom stereocenters. The lowest BCUT2D eigenvalue weighted by Crippen LogP contribution is -2.62. The van der Waals surface area contributed by atoms with Crippen LogP contribution in [-0.2, 0) is 10.0 Å². The summed E-state index contributed by atoms with van der Waals surface area (Å²) in [5.41, 5.74) is 0.796. The van der Waals surface area contributed by atoms with Crippen LogP contribution in [0.2, 0.25) is 0 Å². The van der Waals surface area contributed by atoms with Crippen LogP contribution >= 0.6 is 0 Å². The third-order valence-corrected chi connectivity index (χ3v) is 15.3. The molecule has 1 unspecified atom stereocenters. The maximum atomic E-state index is 12.4. The fourth-order valence-corrected chi connectivity index (χ4v) is 11.3. The number of aliphatic hydroxyl groups is 3. The smallest absolute Gasteiger partial charge is 0.218 e. The van der Waals surface area contributed by atoms with Crippen molar-refractivity contribution in [1.82, 2.24) is 9.71 Å². The van der Waals surface area contributed by atoms with Gasteiger partial charge in [-0.25, -0.2) is 13.4 Å². The molecule has 8 nitrogen and oxygen atoms in total. The molecular weight excluding hydrogens is 576 g/mol. The van der Waals surface area contributed by atoms with Gasteiger partial charge in [0.15, 0.2) is 0 Å². The molecule has 0 bridgehead atoms. The average molecular weight is 635 g/mol. The minimum absolute atomic E-state index is 0.215. The zero-order valence-electron chi connectivity index (χ0n) is 28.0. The van der Waals surface area contributed by atoms with Gasteiger partial charge in [-0.3, -0.25) is 0 Å². The van der Waals surface area contributed by atoms with Crippen LogP contribution in [0, 0.1) is 52.3 Å². The van der Waals surface area contributed by atoms with Crippen molar-refractivity contribution >= 4 is 10.0 Å². The van der Waals surface area contributed by atoms with E-state index in [2.05, 4.69) is 37.4 Å². The van der Waals surface area contributed by atoms with Crippen LogP contribution in [0.3, 0.4) is 0 Å². The van der Waals surface area contributed by atoms with Crippen LogP contribution in [0.25, 0.3) is 0 Å². The zero-order chi connectivity index (χ0) is 32.2. The van der Waals surface area contributed by atoms with Gasteiger partial charge in [0.25, 0.3) is 0 Å². The second kappa shape index (κ2) is 12.4. The highest BCUT2D eigenvalue weighted by Gasteiger charge is 2.64. The molecule has 1 aromatic heterocycles. The summed E-state index contributed by atoms with van der Waals surface area (Å²) < 4.78 is 32.1. The highest BCUT2D eigenvalue weighted by molar-refractivity contribution is 7.90. The molecule has 4 fully saturated rings. The van der Waals surface area contributed by atoms with Crippen LogP contribution < -0.4 is 9.46 Å². The molecule has 44 heavy (non-hydrogen) atoms. The highest BCUT2D eigenvalue weighted by atomic mass is 32.2. The number of rotatable bonds is 9. The minimum atomic E-state index is -3.71. The van der Waals surface area contributed by atoms with E-state index in [9.17, 15) is 23.7 Å². The standard InChI is InChI=1S/C35H58N2O6S/c1-8-24-28-19-23(38)13-16-35(28,7)27-14-17-34(6)25(10-11-26(34)30(27)31(24)39)21(2)15-18-43-29-12-9-22(20-36-29)32(40)37-44(41,42)33(3,4)5/h9,12,20-21,23-28,30-32,37-40H,8,10-11,13-19H2,1-7H3/t21-,23-,24-,25-,26+,27+,28+,30+,31-,32?,34-,35-/m1/s1. The molecule has 0 radical (unpaired) electrons. The Kier molecular flexibility index (Phi) is 9.61. The summed E-state index contributed by atoms with van der Waals surface area (Å²) in [5, 5.41) is 32.9. The van der Waals surface area contributed by atoms with E-state index in [1.165, 1.54) is 31.9 Å². The van der Waals surface area contributed by atoms with E-state index in [0.717, 1.165) is 32.1 Å². The van der Waals surface area contributed by atoms with E-state index in [0.29, 0.717) is 53.6 Å². The van der Waals surface area contributed by atoms with Crippen molar-refractivity contribution in [2.45, 2.75) is 129 Å². The average Bonchev–Trinajstić information content (AvgIpc) is 3.31. The molecule has 0 aromatic carbocycles. The van der Waals surface area contributed by atoms with Gasteiger partial charge in [-0.1, -0.05) is 34.1 Å². The summed E-state index contributed by atoms with van der Waals surface area (Å²) in [6.45, 7) is 14.9. The number of nitrogens with one attached hydrogen (secondary N) is 1. The third-order valence-electron chi connectivity index (χ3n) is 13.1. The zero-order valence-corrected chi connectivity index (χ0v) is 28.8. The molecule has 0 aliphatic heterocycles. The van der Waals surface area contributed by atoms with Gasteiger partial charge < -0.3 is 20.1 Å². The number of hydrogen-bond donors (Lipinski definition) is 4. The molecule has 4 aliphatic carbocycles. The summed E-state index contributed by atoms with van der Waals surface area (Å²) in [5.74, 6) is 3.67. The quantitative estimate of drug-likeness (QED) is 0.252. The second-order valence-corrected chi connectivity index (χ2v) is 18.8. The normalized spacial score (nSPS) is 40.4. The highest BCUT2D eigenvalue weighted by Crippen LogP contribution is 2.69. The minimum Gasteiger partial charge on any atom is -0.478 e. The number of pyridine rings is 1. The Morgan fingerprint density at radius 2 is 1.73 bits per heavy atom. The maximum Gasteiger partial charge on any atom is 0.218 e. The number of ether oxygens (including phenoxy) is 1. The summed E-state index contributed by atoms with van der Waals surface area (Å²) in [6, 6.07) is 3.31. The van der Waals surface area contributed by atoms with E-state index in [1.54, 1.807) is 32.9 Å². The van der Waals surface area contributed by atoms with Crippen LogP contribution in [0.15, 0.2) is 18.3 Å². The predicted molar refractivity (Wildman–Crippen MR) is 172 cm³/mol. The van der Waals surface area contributed by atoms with Crippen molar-refractivity contribution in [1.29, 1.82) is 0 Å². The Balaban J connectivity index is 1.20. The van der Waals surface area contributed by atoms with Gasteiger partial charge in [0.05, 0.1) is 23.6 Å². The first-order chi connectivity index (χ1) is 20.5. The Hall–Kier alpha value is -1.26. The fourth-order valence-electron chi connectivity index (χ4n) is 10.5. The first kappa shape index (κ1) is 34.1. The van der Waals surface area contributed by atoms with Crippen molar-refractivity contribution in [3.8, 4) is 5.88 Å². The summed E-state index contributed by atoms with van der Waals surface area (Å²) in [4.78, 5) is 4.32. The number of aliphatic hydroxyl groups excluding tert-OH is 3. The summed E-state index contributed by atoms with van der Waals surface area (Å²) >= 11 is 0. The summed E-state index contributed by atoms with van der Waals surface area (Å²) in [7, 11) is -3.71. The van der Waals surface area contributed by atoms with Crippen molar-refractivity contribution in [2.75, 3.05) is 6.61 Å². The Bertz CT molecular complexity index is 1250. The number of hydrogen-bond acceptors (Lipinski definition) is 7. The lowest BCUT2D eigenvalue weighted by Gasteiger charge is -2.64. The van der Waals surface area contributed by atoms with Crippen LogP contribution in [0.4, 0.5) is 0 Å². The molecular formula is C35H58N2O6S. The molecule has 9 heteroatoms. The van der Waals surface area contributed by atoms with Crippen molar-refractivity contribution in [3.05, 3.63) is 23.9 Å². The first-order valence-corrected chi connectivity index (χ1v) is 18.7. The van der Waals surface area contributed by atoms with Gasteiger partial charge in [-0.15, -0.1) is 0 Å². The number of fused-ring (bicyclic) bond motifs is 5. The second-order valence-electron chi connectivity index (χ2n) is 16.3. The Morgan fingerprint density at radius 3 is 2.36 bits per heavy atom. The van der Waals surface area contributed by atoms with Crippen LogP contribution in [-0.4, -0.2) is 52.3 Å². The molecule has 4 aliphatic rings. The molecule has 1 aromatic rings. The molecule has 4 N–H and O–H groups in total. The fraction of sp³-hybridized carbons (Fsp3) is 0.857. The topological polar surface area (TPSA) is 129 Å². The largest absolute Gasteiger partial charge is 0.478 e. The molecule has 0 spiro atoms. The van der Waals surface area contributed by atoms with Gasteiger partial charge in [0, 0.05) is 17.8 Å². The Morgan fingerprint density at radius 1 is 1.05 bits per heavy atom. The van der Waals surface area contributed by atoms with Gasteiger partial charge in [-0.05, 0) is 130 Å². The molecule has 5 rings (SSSR count). The molecule has 250 valence electrons. The lowest BCUT2D eigenvalue weighted by atomic mass is 9.41. The van der Waals surface area contributed by atoms with E-state index >= 15 is 0 Å². The van der Waals surface area contributed by atoms with Gasteiger partial charge in [0.2, 0.25) is 15.9 Å². The number of aromatic nitrogens is 1. The number of sulfonamides is 1.